The number of halogens is 1. The van der Waals surface area contributed by atoms with Gasteiger partial charge in [0.25, 0.3) is 0 Å². The fraction of sp³-hybridized carbons (Fsp3) is 0.286. The number of carbonyl (C=O) groups excluding carboxylic acids is 1. The largest absolute Gasteiger partial charge is 0.491 e. The van der Waals surface area contributed by atoms with Crippen LogP contribution in [-0.4, -0.2) is 41.6 Å². The molecule has 4 nitrogen and oxygen atoms in total. The summed E-state index contributed by atoms with van der Waals surface area (Å²) in [6.07, 6.45) is 0.976. The molecule has 5 heteroatoms. The van der Waals surface area contributed by atoms with Gasteiger partial charge in [0, 0.05) is 30.8 Å². The summed E-state index contributed by atoms with van der Waals surface area (Å²) >= 11 is 0. The zero-order valence-electron chi connectivity index (χ0n) is 14.9. The van der Waals surface area contributed by atoms with Crippen molar-refractivity contribution in [3.05, 3.63) is 78.1 Å². The van der Waals surface area contributed by atoms with Crippen LogP contribution in [0.5, 0.6) is 5.75 Å². The van der Waals surface area contributed by atoms with E-state index in [4.69, 9.17) is 4.74 Å². The first-order chi connectivity index (χ1) is 12.5. The molecule has 0 saturated heterocycles. The topological polar surface area (TPSA) is 49.8 Å². The number of benzene rings is 2. The quantitative estimate of drug-likeness (QED) is 0.523. The van der Waals surface area contributed by atoms with Gasteiger partial charge in [-0.2, -0.15) is 0 Å². The lowest BCUT2D eigenvalue weighted by molar-refractivity contribution is 0.0693. The van der Waals surface area contributed by atoms with Gasteiger partial charge in [0.2, 0.25) is 0 Å². The second-order valence-electron chi connectivity index (χ2n) is 6.12. The number of hydrogen-bond donors (Lipinski definition) is 1. The van der Waals surface area contributed by atoms with E-state index in [1.54, 1.807) is 48.5 Å². The molecule has 0 aliphatic rings. The van der Waals surface area contributed by atoms with Crippen molar-refractivity contribution in [1.29, 1.82) is 0 Å². The lowest BCUT2D eigenvalue weighted by atomic mass is 10.1. The van der Waals surface area contributed by atoms with Crippen molar-refractivity contribution in [2.45, 2.75) is 19.6 Å². The zero-order valence-corrected chi connectivity index (χ0v) is 14.9. The molecule has 0 spiro atoms. The van der Waals surface area contributed by atoms with Crippen LogP contribution in [0.4, 0.5) is 4.39 Å². The van der Waals surface area contributed by atoms with Crippen molar-refractivity contribution < 1.29 is 19.0 Å². The van der Waals surface area contributed by atoms with Crippen LogP contribution >= 0.6 is 0 Å². The standard InChI is InChI=1S/C21H24FNO3/c1-3-12-23(13-18-6-4-5-7-21(18)22)14-19(25)15-26-20-10-8-17(9-11-20)16(2)24/h3-11,19,25H,1,12-15H2,2H3. The van der Waals surface area contributed by atoms with Crippen molar-refractivity contribution in [3.8, 4) is 5.75 Å². The van der Waals surface area contributed by atoms with Gasteiger partial charge in [0.1, 0.15) is 24.3 Å². The molecule has 1 N–H and O–H groups in total. The third kappa shape index (κ3) is 6.10. The van der Waals surface area contributed by atoms with Gasteiger partial charge in [-0.05, 0) is 37.3 Å². The number of rotatable bonds is 10. The lowest BCUT2D eigenvalue weighted by Gasteiger charge is -2.24. The number of ether oxygens (including phenoxy) is 1. The van der Waals surface area contributed by atoms with Crippen LogP contribution in [0.3, 0.4) is 0 Å². The Hall–Kier alpha value is -2.50. The molecule has 0 bridgehead atoms. The summed E-state index contributed by atoms with van der Waals surface area (Å²) < 4.78 is 19.4. The summed E-state index contributed by atoms with van der Waals surface area (Å²) in [7, 11) is 0. The van der Waals surface area contributed by atoms with Gasteiger partial charge in [0.05, 0.1) is 0 Å². The average Bonchev–Trinajstić information content (AvgIpc) is 2.62. The van der Waals surface area contributed by atoms with Crippen molar-refractivity contribution in [3.63, 3.8) is 0 Å². The summed E-state index contributed by atoms with van der Waals surface area (Å²) in [6, 6.07) is 13.4. The predicted octanol–water partition coefficient (Wildman–Crippen LogP) is 3.46. The third-order valence-electron chi connectivity index (χ3n) is 3.91. The minimum atomic E-state index is -0.741. The van der Waals surface area contributed by atoms with Gasteiger partial charge < -0.3 is 9.84 Å². The number of aliphatic hydroxyl groups is 1. The fourth-order valence-electron chi connectivity index (χ4n) is 2.58. The number of Topliss-reactive ketones (excluding diaryl/α,β-unsaturated/α-hetero) is 1. The summed E-state index contributed by atoms with van der Waals surface area (Å²) in [5, 5.41) is 10.2. The molecule has 0 fully saturated rings. The summed E-state index contributed by atoms with van der Waals surface area (Å²) in [5.74, 6) is 0.307. The Morgan fingerprint density at radius 1 is 1.27 bits per heavy atom. The number of nitrogens with zero attached hydrogens (tertiary/aromatic N) is 1. The molecule has 0 aliphatic heterocycles. The van der Waals surface area contributed by atoms with Crippen molar-refractivity contribution in [2.24, 2.45) is 0 Å². The van der Waals surface area contributed by atoms with Crippen molar-refractivity contribution in [2.75, 3.05) is 19.7 Å². The number of hydrogen-bond acceptors (Lipinski definition) is 4. The summed E-state index contributed by atoms with van der Waals surface area (Å²) in [4.78, 5) is 13.2. The van der Waals surface area contributed by atoms with Gasteiger partial charge in [-0.15, -0.1) is 6.58 Å². The van der Waals surface area contributed by atoms with E-state index in [9.17, 15) is 14.3 Å². The first-order valence-corrected chi connectivity index (χ1v) is 8.48. The maximum absolute atomic E-state index is 13.8. The van der Waals surface area contributed by atoms with E-state index in [2.05, 4.69) is 6.58 Å². The second kappa shape index (κ2) is 9.85. The van der Waals surface area contributed by atoms with E-state index in [-0.39, 0.29) is 18.2 Å². The third-order valence-corrected chi connectivity index (χ3v) is 3.91. The molecular formula is C21H24FNO3. The van der Waals surface area contributed by atoms with Crippen molar-refractivity contribution in [1.82, 2.24) is 4.90 Å². The van der Waals surface area contributed by atoms with Gasteiger partial charge in [-0.1, -0.05) is 24.3 Å². The molecule has 1 unspecified atom stereocenters. The Labute approximate surface area is 153 Å². The molecule has 26 heavy (non-hydrogen) atoms. The zero-order chi connectivity index (χ0) is 18.9. The molecule has 2 aromatic carbocycles. The Morgan fingerprint density at radius 3 is 2.58 bits per heavy atom. The molecule has 1 atom stereocenters. The molecule has 0 aromatic heterocycles. The first kappa shape index (κ1) is 19.8. The molecule has 0 saturated carbocycles. The summed E-state index contributed by atoms with van der Waals surface area (Å²) in [6.45, 7) is 6.55. The van der Waals surface area contributed by atoms with Crippen molar-refractivity contribution >= 4 is 5.78 Å². The first-order valence-electron chi connectivity index (χ1n) is 8.48. The Bertz CT molecular complexity index is 730. The lowest BCUT2D eigenvalue weighted by Crippen LogP contribution is -2.35. The van der Waals surface area contributed by atoms with E-state index >= 15 is 0 Å². The smallest absolute Gasteiger partial charge is 0.159 e. The van der Waals surface area contributed by atoms with Gasteiger partial charge in [0.15, 0.2) is 5.78 Å². The minimum Gasteiger partial charge on any atom is -0.491 e. The van der Waals surface area contributed by atoms with E-state index in [1.807, 2.05) is 4.90 Å². The van der Waals surface area contributed by atoms with E-state index < -0.39 is 6.10 Å². The monoisotopic (exact) mass is 357 g/mol. The van der Waals surface area contributed by atoms with Crippen LogP contribution < -0.4 is 4.74 Å². The number of aliphatic hydroxyl groups excluding tert-OH is 1. The highest BCUT2D eigenvalue weighted by Crippen LogP contribution is 2.14. The molecule has 138 valence electrons. The highest BCUT2D eigenvalue weighted by atomic mass is 19.1. The number of ketones is 1. The SMILES string of the molecule is C=CCN(Cc1ccccc1F)CC(O)COc1ccc(C(C)=O)cc1. The Balaban J connectivity index is 1.88. The van der Waals surface area contributed by atoms with Crippen LogP contribution in [0.2, 0.25) is 0 Å². The Morgan fingerprint density at radius 2 is 1.96 bits per heavy atom. The molecule has 0 amide bonds. The van der Waals surface area contributed by atoms with Gasteiger partial charge >= 0.3 is 0 Å². The van der Waals surface area contributed by atoms with E-state index in [0.29, 0.717) is 36.5 Å². The minimum absolute atomic E-state index is 0.00945. The number of carbonyl (C=O) groups is 1. The van der Waals surface area contributed by atoms with E-state index in [0.717, 1.165) is 0 Å². The molecule has 0 aliphatic carbocycles. The highest BCUT2D eigenvalue weighted by Gasteiger charge is 2.14. The highest BCUT2D eigenvalue weighted by molar-refractivity contribution is 5.94. The maximum atomic E-state index is 13.8. The van der Waals surface area contributed by atoms with Crippen LogP contribution in [0.15, 0.2) is 61.2 Å². The van der Waals surface area contributed by atoms with Crippen LogP contribution in [0.25, 0.3) is 0 Å². The average molecular weight is 357 g/mol. The summed E-state index contributed by atoms with van der Waals surface area (Å²) in [5.41, 5.74) is 1.18. The second-order valence-corrected chi connectivity index (χ2v) is 6.12. The Kier molecular flexibility index (Phi) is 7.51. The molecule has 0 heterocycles. The van der Waals surface area contributed by atoms with Crippen LogP contribution in [0, 0.1) is 5.82 Å². The normalized spacial score (nSPS) is 12.0. The van der Waals surface area contributed by atoms with Gasteiger partial charge in [-0.25, -0.2) is 4.39 Å². The van der Waals surface area contributed by atoms with E-state index in [1.165, 1.54) is 13.0 Å². The fourth-order valence-corrected chi connectivity index (χ4v) is 2.58. The molecule has 0 radical (unpaired) electrons. The van der Waals surface area contributed by atoms with Crippen LogP contribution in [0.1, 0.15) is 22.8 Å². The van der Waals surface area contributed by atoms with Crippen LogP contribution in [-0.2, 0) is 6.54 Å². The maximum Gasteiger partial charge on any atom is 0.159 e. The molecular weight excluding hydrogens is 333 g/mol. The van der Waals surface area contributed by atoms with Gasteiger partial charge in [-0.3, -0.25) is 9.69 Å². The predicted molar refractivity (Wildman–Crippen MR) is 99.8 cm³/mol. The molecule has 2 rings (SSSR count). The molecule has 2 aromatic rings.